The summed E-state index contributed by atoms with van der Waals surface area (Å²) in [6.07, 6.45) is 0.0783. The smallest absolute Gasteiger partial charge is 0.265 e. The summed E-state index contributed by atoms with van der Waals surface area (Å²) in [5, 5.41) is 2.78. The Labute approximate surface area is 136 Å². The fourth-order valence-electron chi connectivity index (χ4n) is 1.70. The fourth-order valence-corrected chi connectivity index (χ4v) is 2.06. The predicted octanol–water partition coefficient (Wildman–Crippen LogP) is 3.51. The Morgan fingerprint density at radius 1 is 1.24 bits per heavy atom. The summed E-state index contributed by atoms with van der Waals surface area (Å²) in [6.45, 7) is 1.66. The van der Waals surface area contributed by atoms with Crippen molar-refractivity contribution in [3.63, 3.8) is 0 Å². The third-order valence-electron chi connectivity index (χ3n) is 2.79. The highest BCUT2D eigenvalue weighted by atomic mass is 127. The minimum absolute atomic E-state index is 0.243. The number of benzene rings is 2. The summed E-state index contributed by atoms with van der Waals surface area (Å²) in [7, 11) is 0. The van der Waals surface area contributed by atoms with Gasteiger partial charge in [0.05, 0.1) is 0 Å². The molecule has 2 rings (SSSR count). The van der Waals surface area contributed by atoms with Gasteiger partial charge in [0, 0.05) is 14.8 Å². The third kappa shape index (κ3) is 4.56. The first-order valence-corrected chi connectivity index (χ1v) is 7.44. The van der Waals surface area contributed by atoms with Gasteiger partial charge in [0.2, 0.25) is 0 Å². The number of anilines is 1. The van der Waals surface area contributed by atoms with Crippen LogP contribution in [0.5, 0.6) is 5.75 Å². The molecular weight excluding hydrogens is 381 g/mol. The Hall–Kier alpha value is -1.89. The molecule has 0 unspecified atom stereocenters. The van der Waals surface area contributed by atoms with E-state index in [4.69, 9.17) is 4.74 Å². The number of ether oxygens (including phenoxy) is 1. The zero-order valence-corrected chi connectivity index (χ0v) is 13.5. The molecule has 0 radical (unpaired) electrons. The Balaban J connectivity index is 1.98. The number of amides is 1. The number of carbonyl (C=O) groups is 2. The summed E-state index contributed by atoms with van der Waals surface area (Å²) >= 11 is 2.20. The highest BCUT2D eigenvalue weighted by Crippen LogP contribution is 2.15. The number of hydrogen-bond acceptors (Lipinski definition) is 3. The average Bonchev–Trinajstić information content (AvgIpc) is 2.49. The lowest BCUT2D eigenvalue weighted by Gasteiger charge is -2.15. The minimum atomic E-state index is -0.661. The molecule has 0 fully saturated rings. The van der Waals surface area contributed by atoms with Crippen LogP contribution >= 0.6 is 22.6 Å². The molecule has 1 amide bonds. The molecule has 5 heteroatoms. The summed E-state index contributed by atoms with van der Waals surface area (Å²) in [4.78, 5) is 22.8. The Morgan fingerprint density at radius 2 is 1.95 bits per heavy atom. The first kappa shape index (κ1) is 15.5. The molecule has 0 bridgehead atoms. The van der Waals surface area contributed by atoms with Crippen LogP contribution in [0, 0.1) is 3.57 Å². The van der Waals surface area contributed by atoms with Crippen LogP contribution in [0.25, 0.3) is 0 Å². The first-order valence-electron chi connectivity index (χ1n) is 6.37. The summed E-state index contributed by atoms with van der Waals surface area (Å²) < 4.78 is 6.64. The zero-order chi connectivity index (χ0) is 15.2. The van der Waals surface area contributed by atoms with E-state index in [0.717, 1.165) is 15.5 Å². The molecule has 0 heterocycles. The molecule has 2 aromatic carbocycles. The quantitative estimate of drug-likeness (QED) is 0.623. The standard InChI is InChI=1S/C16H14INO3/c1-11(21-15-4-2-3-12(9-15)10-19)16(20)18-14-7-5-13(17)6-8-14/h2-11H,1H3,(H,18,20)/t11-/m0/s1. The van der Waals surface area contributed by atoms with E-state index in [1.54, 1.807) is 31.2 Å². The van der Waals surface area contributed by atoms with Crippen LogP contribution in [0.1, 0.15) is 17.3 Å². The van der Waals surface area contributed by atoms with Crippen LogP contribution in [-0.2, 0) is 4.79 Å². The van der Waals surface area contributed by atoms with E-state index in [9.17, 15) is 9.59 Å². The van der Waals surface area contributed by atoms with E-state index < -0.39 is 6.10 Å². The summed E-state index contributed by atoms with van der Waals surface area (Å²) in [5.41, 5.74) is 1.23. The molecule has 108 valence electrons. The van der Waals surface area contributed by atoms with Gasteiger partial charge in [-0.1, -0.05) is 12.1 Å². The molecule has 0 saturated heterocycles. The SMILES string of the molecule is C[C@H](Oc1cccc(C=O)c1)C(=O)Nc1ccc(I)cc1. The second kappa shape index (κ2) is 7.21. The maximum Gasteiger partial charge on any atom is 0.265 e. The molecule has 0 saturated carbocycles. The lowest BCUT2D eigenvalue weighted by molar-refractivity contribution is -0.122. The van der Waals surface area contributed by atoms with Gasteiger partial charge in [0.15, 0.2) is 6.10 Å². The monoisotopic (exact) mass is 395 g/mol. The Morgan fingerprint density at radius 3 is 2.62 bits per heavy atom. The zero-order valence-electron chi connectivity index (χ0n) is 11.4. The molecule has 2 aromatic rings. The van der Waals surface area contributed by atoms with Crippen molar-refractivity contribution in [3.05, 3.63) is 57.7 Å². The second-order valence-electron chi connectivity index (χ2n) is 4.45. The van der Waals surface area contributed by atoms with E-state index in [1.165, 1.54) is 0 Å². The number of rotatable bonds is 5. The molecule has 21 heavy (non-hydrogen) atoms. The van der Waals surface area contributed by atoms with Gasteiger partial charge in [-0.05, 0) is 65.9 Å². The van der Waals surface area contributed by atoms with Gasteiger partial charge >= 0.3 is 0 Å². The van der Waals surface area contributed by atoms with Crippen LogP contribution in [0.15, 0.2) is 48.5 Å². The largest absolute Gasteiger partial charge is 0.481 e. The van der Waals surface area contributed by atoms with E-state index in [0.29, 0.717) is 11.3 Å². The highest BCUT2D eigenvalue weighted by Gasteiger charge is 2.15. The lowest BCUT2D eigenvalue weighted by Crippen LogP contribution is -2.30. The maximum atomic E-state index is 12.0. The number of aldehydes is 1. The van der Waals surface area contributed by atoms with Crippen molar-refractivity contribution < 1.29 is 14.3 Å². The third-order valence-corrected chi connectivity index (χ3v) is 3.51. The average molecular weight is 395 g/mol. The summed E-state index contributed by atoms with van der Waals surface area (Å²) in [5.74, 6) is 0.248. The number of halogens is 1. The van der Waals surface area contributed by atoms with Crippen LogP contribution in [-0.4, -0.2) is 18.3 Å². The molecule has 4 nitrogen and oxygen atoms in total. The van der Waals surface area contributed by atoms with Gasteiger partial charge in [-0.3, -0.25) is 9.59 Å². The van der Waals surface area contributed by atoms with Gasteiger partial charge in [0.25, 0.3) is 5.91 Å². The molecule has 0 aliphatic rings. The van der Waals surface area contributed by atoms with Gasteiger partial charge in [0.1, 0.15) is 12.0 Å². The van der Waals surface area contributed by atoms with Crippen molar-refractivity contribution >= 4 is 40.5 Å². The predicted molar refractivity (Wildman–Crippen MR) is 89.7 cm³/mol. The molecular formula is C16H14INO3. The van der Waals surface area contributed by atoms with Crippen molar-refractivity contribution in [1.82, 2.24) is 0 Å². The van der Waals surface area contributed by atoms with Crippen molar-refractivity contribution in [1.29, 1.82) is 0 Å². The Kier molecular flexibility index (Phi) is 5.32. The van der Waals surface area contributed by atoms with Crippen LogP contribution in [0.4, 0.5) is 5.69 Å². The van der Waals surface area contributed by atoms with Crippen LogP contribution in [0.2, 0.25) is 0 Å². The van der Waals surface area contributed by atoms with Crippen LogP contribution in [0.3, 0.4) is 0 Å². The second-order valence-corrected chi connectivity index (χ2v) is 5.69. The fraction of sp³-hybridized carbons (Fsp3) is 0.125. The maximum absolute atomic E-state index is 12.0. The van der Waals surface area contributed by atoms with Crippen LogP contribution < -0.4 is 10.1 Å². The van der Waals surface area contributed by atoms with Crippen molar-refractivity contribution in [2.24, 2.45) is 0 Å². The number of carbonyl (C=O) groups excluding carboxylic acids is 2. The van der Waals surface area contributed by atoms with Gasteiger partial charge in [-0.15, -0.1) is 0 Å². The van der Waals surface area contributed by atoms with Crippen molar-refractivity contribution in [2.45, 2.75) is 13.0 Å². The highest BCUT2D eigenvalue weighted by molar-refractivity contribution is 14.1. The molecule has 0 aromatic heterocycles. The van der Waals surface area contributed by atoms with Crippen molar-refractivity contribution in [3.8, 4) is 5.75 Å². The first-order chi connectivity index (χ1) is 10.1. The molecule has 0 aliphatic carbocycles. The van der Waals surface area contributed by atoms with E-state index >= 15 is 0 Å². The van der Waals surface area contributed by atoms with E-state index in [-0.39, 0.29) is 5.91 Å². The summed E-state index contributed by atoms with van der Waals surface area (Å²) in [6, 6.07) is 14.2. The van der Waals surface area contributed by atoms with Gasteiger partial charge in [-0.2, -0.15) is 0 Å². The molecule has 0 spiro atoms. The van der Waals surface area contributed by atoms with E-state index in [2.05, 4.69) is 27.9 Å². The molecule has 1 N–H and O–H groups in total. The van der Waals surface area contributed by atoms with Gasteiger partial charge in [-0.25, -0.2) is 0 Å². The van der Waals surface area contributed by atoms with Gasteiger partial charge < -0.3 is 10.1 Å². The molecule has 0 aliphatic heterocycles. The lowest BCUT2D eigenvalue weighted by atomic mass is 10.2. The van der Waals surface area contributed by atoms with Crippen molar-refractivity contribution in [2.75, 3.05) is 5.32 Å². The Bertz CT molecular complexity index is 640. The van der Waals surface area contributed by atoms with E-state index in [1.807, 2.05) is 24.3 Å². The number of nitrogens with one attached hydrogen (secondary N) is 1. The minimum Gasteiger partial charge on any atom is -0.481 e. The molecule has 1 atom stereocenters. The topological polar surface area (TPSA) is 55.4 Å². The normalized spacial score (nSPS) is 11.5. The number of hydrogen-bond donors (Lipinski definition) is 1.